The molecule has 190 valence electrons. The van der Waals surface area contributed by atoms with E-state index in [1.807, 2.05) is 66.9 Å². The highest BCUT2D eigenvalue weighted by molar-refractivity contribution is 7.16. The van der Waals surface area contributed by atoms with Gasteiger partial charge in [0.05, 0.1) is 21.9 Å². The molecule has 0 fully saturated rings. The Bertz CT molecular complexity index is 1730. The summed E-state index contributed by atoms with van der Waals surface area (Å²) in [6.07, 6.45) is 6.06. The second-order valence-corrected chi connectivity index (χ2v) is 10.5. The van der Waals surface area contributed by atoms with Gasteiger partial charge in [0.15, 0.2) is 0 Å². The lowest BCUT2D eigenvalue weighted by molar-refractivity contribution is -0.384. The van der Waals surface area contributed by atoms with Crippen LogP contribution in [0.5, 0.6) is 0 Å². The maximum absolute atomic E-state index is 11.3. The summed E-state index contributed by atoms with van der Waals surface area (Å²) in [4.78, 5) is 17.1. The van der Waals surface area contributed by atoms with E-state index < -0.39 is 0 Å². The lowest BCUT2D eigenvalue weighted by Gasteiger charge is -2.15. The SMILES string of the molecule is N#Cc1c(N=Cc2cc(-c3ccccc3)n(-c3ccc([N+](=O)[O-])cc3)c2-c2ccccc2)sc2c1CCCC2. The number of thiophene rings is 1. The maximum atomic E-state index is 11.3. The van der Waals surface area contributed by atoms with E-state index in [9.17, 15) is 15.4 Å². The molecular formula is C32H24N4O2S. The minimum absolute atomic E-state index is 0.0425. The zero-order valence-electron chi connectivity index (χ0n) is 21.1. The summed E-state index contributed by atoms with van der Waals surface area (Å²) in [5, 5.41) is 22.0. The van der Waals surface area contributed by atoms with Gasteiger partial charge < -0.3 is 4.57 Å². The van der Waals surface area contributed by atoms with Crippen molar-refractivity contribution in [2.75, 3.05) is 0 Å². The quantitative estimate of drug-likeness (QED) is 0.126. The fourth-order valence-electron chi connectivity index (χ4n) is 5.22. The second-order valence-electron chi connectivity index (χ2n) is 9.44. The monoisotopic (exact) mass is 528 g/mol. The average Bonchev–Trinajstić information content (AvgIpc) is 3.55. The lowest BCUT2D eigenvalue weighted by Crippen LogP contribution is -2.01. The third-order valence-corrected chi connectivity index (χ3v) is 8.25. The van der Waals surface area contributed by atoms with E-state index in [2.05, 4.69) is 16.7 Å². The number of aromatic nitrogens is 1. The van der Waals surface area contributed by atoms with Crippen LogP contribution in [0.15, 0.2) is 96.0 Å². The molecule has 2 heterocycles. The van der Waals surface area contributed by atoms with Gasteiger partial charge in [-0.2, -0.15) is 5.26 Å². The minimum Gasteiger partial charge on any atom is -0.309 e. The molecule has 0 N–H and O–H groups in total. The highest BCUT2D eigenvalue weighted by atomic mass is 32.1. The van der Waals surface area contributed by atoms with Crippen LogP contribution in [-0.2, 0) is 12.8 Å². The molecule has 0 aliphatic heterocycles. The number of nitro benzene ring substituents is 1. The molecule has 1 aliphatic rings. The average molecular weight is 529 g/mol. The first-order valence-corrected chi connectivity index (χ1v) is 13.7. The van der Waals surface area contributed by atoms with E-state index in [0.717, 1.165) is 70.0 Å². The molecule has 0 spiro atoms. The van der Waals surface area contributed by atoms with Crippen LogP contribution >= 0.6 is 11.3 Å². The summed E-state index contributed by atoms with van der Waals surface area (Å²) in [5.41, 5.74) is 7.48. The zero-order chi connectivity index (χ0) is 26.8. The highest BCUT2D eigenvalue weighted by Gasteiger charge is 2.22. The van der Waals surface area contributed by atoms with Crippen molar-refractivity contribution in [1.29, 1.82) is 5.26 Å². The van der Waals surface area contributed by atoms with Crippen molar-refractivity contribution in [2.24, 2.45) is 4.99 Å². The Morgan fingerprint density at radius 3 is 2.26 bits per heavy atom. The molecule has 0 unspecified atom stereocenters. The number of aliphatic imine (C=N–C) groups is 1. The predicted molar refractivity (Wildman–Crippen MR) is 156 cm³/mol. The molecule has 6 nitrogen and oxygen atoms in total. The van der Waals surface area contributed by atoms with Gasteiger partial charge in [-0.3, -0.25) is 10.1 Å². The van der Waals surface area contributed by atoms with Crippen molar-refractivity contribution >= 4 is 28.2 Å². The Balaban J connectivity index is 1.57. The molecule has 0 saturated carbocycles. The van der Waals surface area contributed by atoms with Crippen molar-refractivity contribution in [3.63, 3.8) is 0 Å². The molecule has 6 rings (SSSR count). The van der Waals surface area contributed by atoms with Crippen LogP contribution in [0.4, 0.5) is 10.7 Å². The van der Waals surface area contributed by atoms with E-state index in [0.29, 0.717) is 5.56 Å². The van der Waals surface area contributed by atoms with Crippen molar-refractivity contribution in [1.82, 2.24) is 4.57 Å². The van der Waals surface area contributed by atoms with Gasteiger partial charge in [0.1, 0.15) is 11.1 Å². The van der Waals surface area contributed by atoms with E-state index >= 15 is 0 Å². The van der Waals surface area contributed by atoms with Crippen molar-refractivity contribution in [3.8, 4) is 34.3 Å². The van der Waals surface area contributed by atoms with Crippen LogP contribution in [0.3, 0.4) is 0 Å². The van der Waals surface area contributed by atoms with Gasteiger partial charge in [0.25, 0.3) is 5.69 Å². The van der Waals surface area contributed by atoms with Crippen molar-refractivity contribution in [2.45, 2.75) is 25.7 Å². The Labute approximate surface area is 230 Å². The summed E-state index contributed by atoms with van der Waals surface area (Å²) >= 11 is 1.62. The van der Waals surface area contributed by atoms with E-state index in [1.54, 1.807) is 23.5 Å². The molecule has 0 atom stereocenters. The minimum atomic E-state index is -0.388. The van der Waals surface area contributed by atoms with Crippen LogP contribution in [0.1, 0.15) is 34.4 Å². The van der Waals surface area contributed by atoms with E-state index in [1.165, 1.54) is 17.0 Å². The van der Waals surface area contributed by atoms with Crippen LogP contribution in [0.2, 0.25) is 0 Å². The molecular weight excluding hydrogens is 504 g/mol. The summed E-state index contributed by atoms with van der Waals surface area (Å²) in [7, 11) is 0. The Morgan fingerprint density at radius 2 is 1.59 bits per heavy atom. The largest absolute Gasteiger partial charge is 0.309 e. The van der Waals surface area contributed by atoms with E-state index in [-0.39, 0.29) is 10.6 Å². The van der Waals surface area contributed by atoms with Gasteiger partial charge in [0.2, 0.25) is 0 Å². The highest BCUT2D eigenvalue weighted by Crippen LogP contribution is 2.40. The third-order valence-electron chi connectivity index (χ3n) is 7.05. The third kappa shape index (κ3) is 4.67. The lowest BCUT2D eigenvalue weighted by atomic mass is 9.96. The molecule has 7 heteroatoms. The van der Waals surface area contributed by atoms with Crippen molar-refractivity contribution < 1.29 is 4.92 Å². The fourth-order valence-corrected chi connectivity index (χ4v) is 6.40. The molecule has 0 saturated heterocycles. The first kappa shape index (κ1) is 24.5. The number of non-ortho nitro benzene ring substituents is 1. The van der Waals surface area contributed by atoms with Gasteiger partial charge in [-0.1, -0.05) is 60.7 Å². The number of benzene rings is 3. The predicted octanol–water partition coefficient (Wildman–Crippen LogP) is 8.28. The Hall–Kier alpha value is -4.80. The summed E-state index contributed by atoms with van der Waals surface area (Å²) in [6.45, 7) is 0. The van der Waals surface area contributed by atoms with Gasteiger partial charge >= 0.3 is 0 Å². The van der Waals surface area contributed by atoms with E-state index in [4.69, 9.17) is 4.99 Å². The molecule has 0 amide bonds. The smallest absolute Gasteiger partial charge is 0.269 e. The standard InChI is InChI=1S/C32H24N4O2S/c33-20-28-27-13-7-8-14-30(27)39-32(28)34-21-24-19-29(22-9-3-1-4-10-22)35(31(24)23-11-5-2-6-12-23)25-15-17-26(18-16-25)36(37)38/h1-6,9-12,15-19,21H,7-8,13-14H2. The second kappa shape index (κ2) is 10.5. The number of aryl methyl sites for hydroxylation is 1. The number of nitro groups is 1. The first-order valence-electron chi connectivity index (χ1n) is 12.8. The molecule has 39 heavy (non-hydrogen) atoms. The Morgan fingerprint density at radius 1 is 0.923 bits per heavy atom. The molecule has 0 bridgehead atoms. The number of nitriles is 1. The fraction of sp³-hybridized carbons (Fsp3) is 0.125. The van der Waals surface area contributed by atoms with Gasteiger partial charge in [-0.25, -0.2) is 4.99 Å². The molecule has 3 aromatic carbocycles. The number of rotatable bonds is 6. The van der Waals surface area contributed by atoms with Crippen LogP contribution < -0.4 is 0 Å². The molecule has 2 aromatic heterocycles. The van der Waals surface area contributed by atoms with Crippen LogP contribution in [-0.4, -0.2) is 15.7 Å². The van der Waals surface area contributed by atoms with Gasteiger partial charge in [0, 0.05) is 34.5 Å². The maximum Gasteiger partial charge on any atom is 0.269 e. The van der Waals surface area contributed by atoms with Crippen LogP contribution in [0, 0.1) is 21.4 Å². The summed E-state index contributed by atoms with van der Waals surface area (Å²) in [5.74, 6) is 0. The normalized spacial score (nSPS) is 12.8. The summed E-state index contributed by atoms with van der Waals surface area (Å²) in [6, 6.07) is 31.2. The van der Waals surface area contributed by atoms with Gasteiger partial charge in [-0.05, 0) is 60.6 Å². The number of fused-ring (bicyclic) bond motifs is 1. The number of hydrogen-bond acceptors (Lipinski definition) is 5. The molecule has 0 radical (unpaired) electrons. The van der Waals surface area contributed by atoms with Gasteiger partial charge in [-0.15, -0.1) is 11.3 Å². The molecule has 5 aromatic rings. The van der Waals surface area contributed by atoms with Crippen LogP contribution in [0.25, 0.3) is 28.2 Å². The first-order chi connectivity index (χ1) is 19.1. The Kier molecular flexibility index (Phi) is 6.62. The number of nitrogens with zero attached hydrogens (tertiary/aromatic N) is 4. The zero-order valence-corrected chi connectivity index (χ0v) is 21.9. The summed E-state index contributed by atoms with van der Waals surface area (Å²) < 4.78 is 2.13. The molecule has 1 aliphatic carbocycles. The topological polar surface area (TPSA) is 84.2 Å². The number of hydrogen-bond donors (Lipinski definition) is 0. The van der Waals surface area contributed by atoms with Crippen molar-refractivity contribution in [3.05, 3.63) is 123 Å².